The number of nitrogens with zero attached hydrogens (tertiary/aromatic N) is 1. The number of isocyanates is 1. The molecule has 0 bridgehead atoms. The zero-order valence-electron chi connectivity index (χ0n) is 8.59. The van der Waals surface area contributed by atoms with Gasteiger partial charge in [-0.05, 0) is 18.9 Å². The second kappa shape index (κ2) is 4.10. The van der Waals surface area contributed by atoms with Crippen molar-refractivity contribution in [3.05, 3.63) is 27.7 Å². The molecule has 1 aromatic rings. The van der Waals surface area contributed by atoms with Crippen LogP contribution in [0.3, 0.4) is 0 Å². The van der Waals surface area contributed by atoms with Crippen molar-refractivity contribution in [2.24, 2.45) is 4.99 Å². The molecule has 3 nitrogen and oxygen atoms in total. The fraction of sp³-hybridized carbons (Fsp3) is 0.364. The molecule has 2 rings (SSSR count). The molecule has 0 amide bonds. The van der Waals surface area contributed by atoms with Crippen LogP contribution >= 0.6 is 23.2 Å². The third-order valence-electron chi connectivity index (χ3n) is 2.73. The molecule has 0 radical (unpaired) electrons. The molecule has 0 aliphatic heterocycles. The van der Waals surface area contributed by atoms with E-state index in [2.05, 4.69) is 4.99 Å². The average Bonchev–Trinajstić information content (AvgIpc) is 3.02. The molecule has 0 N–H and O–H groups in total. The maximum atomic E-state index is 10.4. The Kier molecular flexibility index (Phi) is 2.94. The van der Waals surface area contributed by atoms with Crippen LogP contribution in [0.2, 0.25) is 10.0 Å². The molecule has 1 fully saturated rings. The van der Waals surface area contributed by atoms with Crippen LogP contribution in [0.5, 0.6) is 5.75 Å². The van der Waals surface area contributed by atoms with Gasteiger partial charge in [0.2, 0.25) is 6.08 Å². The van der Waals surface area contributed by atoms with Gasteiger partial charge in [0.25, 0.3) is 0 Å². The minimum Gasteiger partial charge on any atom is -0.495 e. The van der Waals surface area contributed by atoms with Gasteiger partial charge >= 0.3 is 0 Å². The fourth-order valence-corrected chi connectivity index (χ4v) is 2.26. The molecule has 0 aromatic heterocycles. The summed E-state index contributed by atoms with van der Waals surface area (Å²) < 4.78 is 5.05. The van der Waals surface area contributed by atoms with E-state index in [9.17, 15) is 4.79 Å². The lowest BCUT2D eigenvalue weighted by Crippen LogP contribution is -2.03. The number of aliphatic imine (C=N–C) groups is 1. The van der Waals surface area contributed by atoms with Crippen LogP contribution in [-0.4, -0.2) is 13.2 Å². The van der Waals surface area contributed by atoms with Crippen molar-refractivity contribution < 1.29 is 9.53 Å². The second-order valence-corrected chi connectivity index (χ2v) is 4.52. The topological polar surface area (TPSA) is 38.7 Å². The molecule has 16 heavy (non-hydrogen) atoms. The first kappa shape index (κ1) is 11.5. The molecule has 84 valence electrons. The van der Waals surface area contributed by atoms with Crippen LogP contribution in [-0.2, 0) is 10.3 Å². The Morgan fingerprint density at radius 3 is 2.56 bits per heavy atom. The molecule has 5 heteroatoms. The van der Waals surface area contributed by atoms with E-state index in [0.717, 1.165) is 18.4 Å². The number of benzene rings is 1. The van der Waals surface area contributed by atoms with E-state index in [-0.39, 0.29) is 0 Å². The van der Waals surface area contributed by atoms with Crippen LogP contribution in [0.15, 0.2) is 17.1 Å². The maximum absolute atomic E-state index is 10.4. The molecule has 0 saturated heterocycles. The number of methoxy groups -OCH3 is 1. The van der Waals surface area contributed by atoms with E-state index in [1.807, 2.05) is 0 Å². The number of hydrogen-bond donors (Lipinski definition) is 0. The zero-order valence-corrected chi connectivity index (χ0v) is 10.1. The van der Waals surface area contributed by atoms with Crippen LogP contribution in [0.1, 0.15) is 18.4 Å². The quantitative estimate of drug-likeness (QED) is 0.616. The molecular formula is C11H9Cl2NO2. The Morgan fingerprint density at radius 1 is 1.38 bits per heavy atom. The standard InChI is InChI=1S/C11H9Cl2NO2/c1-16-10-5-8(12)7(4-9(10)13)11(2-3-11)14-6-15/h4-5H,2-3H2,1H3. The van der Waals surface area contributed by atoms with Gasteiger partial charge in [0, 0.05) is 11.6 Å². The highest BCUT2D eigenvalue weighted by molar-refractivity contribution is 6.34. The number of carbonyl (C=O) groups excluding carboxylic acids is 1. The van der Waals surface area contributed by atoms with E-state index in [4.69, 9.17) is 27.9 Å². The molecule has 0 spiro atoms. The van der Waals surface area contributed by atoms with Crippen molar-refractivity contribution >= 4 is 29.3 Å². The van der Waals surface area contributed by atoms with Gasteiger partial charge < -0.3 is 4.74 Å². The van der Waals surface area contributed by atoms with Crippen molar-refractivity contribution in [2.75, 3.05) is 7.11 Å². The van der Waals surface area contributed by atoms with E-state index >= 15 is 0 Å². The predicted molar refractivity (Wildman–Crippen MR) is 62.0 cm³/mol. The summed E-state index contributed by atoms with van der Waals surface area (Å²) in [6.45, 7) is 0. The summed E-state index contributed by atoms with van der Waals surface area (Å²) >= 11 is 12.1. The molecule has 1 saturated carbocycles. The molecule has 1 aliphatic rings. The van der Waals surface area contributed by atoms with Crippen molar-refractivity contribution in [2.45, 2.75) is 18.4 Å². The Bertz CT molecular complexity index is 477. The monoisotopic (exact) mass is 257 g/mol. The highest BCUT2D eigenvalue weighted by atomic mass is 35.5. The van der Waals surface area contributed by atoms with Crippen molar-refractivity contribution in [1.82, 2.24) is 0 Å². The molecule has 0 atom stereocenters. The minimum absolute atomic E-state index is 0.467. The van der Waals surface area contributed by atoms with Gasteiger partial charge in [0.05, 0.1) is 22.7 Å². The van der Waals surface area contributed by atoms with E-state index < -0.39 is 5.54 Å². The van der Waals surface area contributed by atoms with Crippen LogP contribution in [0.25, 0.3) is 0 Å². The predicted octanol–water partition coefficient (Wildman–Crippen LogP) is 3.33. The van der Waals surface area contributed by atoms with E-state index in [1.165, 1.54) is 7.11 Å². The third kappa shape index (κ3) is 1.82. The van der Waals surface area contributed by atoms with Crippen LogP contribution in [0, 0.1) is 0 Å². The summed E-state index contributed by atoms with van der Waals surface area (Å²) in [5.41, 5.74) is 0.262. The van der Waals surface area contributed by atoms with Gasteiger partial charge in [-0.2, -0.15) is 4.99 Å². The van der Waals surface area contributed by atoms with Gasteiger partial charge in [-0.25, -0.2) is 4.79 Å². The number of ether oxygens (including phenoxy) is 1. The highest BCUT2D eigenvalue weighted by Gasteiger charge is 2.46. The van der Waals surface area contributed by atoms with Gasteiger partial charge in [-0.15, -0.1) is 0 Å². The third-order valence-corrected chi connectivity index (χ3v) is 3.33. The average molecular weight is 258 g/mol. The van der Waals surface area contributed by atoms with Crippen molar-refractivity contribution in [3.8, 4) is 5.75 Å². The lowest BCUT2D eigenvalue weighted by atomic mass is 10.1. The van der Waals surface area contributed by atoms with E-state index in [1.54, 1.807) is 18.2 Å². The fourth-order valence-electron chi connectivity index (χ4n) is 1.69. The highest BCUT2D eigenvalue weighted by Crippen LogP contribution is 2.52. The summed E-state index contributed by atoms with van der Waals surface area (Å²) in [6, 6.07) is 3.34. The Labute approximate surface area is 103 Å². The smallest absolute Gasteiger partial charge is 0.235 e. The SMILES string of the molecule is COc1cc(Cl)c(C2(N=C=O)CC2)cc1Cl. The maximum Gasteiger partial charge on any atom is 0.235 e. The van der Waals surface area contributed by atoms with Crippen molar-refractivity contribution in [1.29, 1.82) is 0 Å². The first-order chi connectivity index (χ1) is 7.63. The zero-order chi connectivity index (χ0) is 11.8. The van der Waals surface area contributed by atoms with Gasteiger partial charge in [0.1, 0.15) is 5.75 Å². The molecule has 0 unspecified atom stereocenters. The summed E-state index contributed by atoms with van der Waals surface area (Å²) in [5, 5.41) is 0.979. The molecule has 1 aliphatic carbocycles. The Balaban J connectivity index is 2.50. The van der Waals surface area contributed by atoms with Gasteiger partial charge in [-0.1, -0.05) is 23.2 Å². The first-order valence-corrected chi connectivity index (χ1v) is 5.51. The number of halogens is 2. The normalized spacial score (nSPS) is 16.4. The summed E-state index contributed by atoms with van der Waals surface area (Å²) in [5.74, 6) is 0.515. The second-order valence-electron chi connectivity index (χ2n) is 3.70. The largest absolute Gasteiger partial charge is 0.495 e. The van der Waals surface area contributed by atoms with Gasteiger partial charge in [-0.3, -0.25) is 0 Å². The number of rotatable bonds is 3. The summed E-state index contributed by atoms with van der Waals surface area (Å²) in [6.07, 6.45) is 3.18. The molecular weight excluding hydrogens is 249 g/mol. The lowest BCUT2D eigenvalue weighted by Gasteiger charge is -2.13. The lowest BCUT2D eigenvalue weighted by molar-refractivity contribution is 0.414. The first-order valence-electron chi connectivity index (χ1n) is 4.75. The molecule has 1 aromatic carbocycles. The van der Waals surface area contributed by atoms with Crippen LogP contribution < -0.4 is 4.74 Å². The van der Waals surface area contributed by atoms with Crippen molar-refractivity contribution in [3.63, 3.8) is 0 Å². The van der Waals surface area contributed by atoms with Crippen LogP contribution in [0.4, 0.5) is 0 Å². The minimum atomic E-state index is -0.505. The summed E-state index contributed by atoms with van der Waals surface area (Å²) in [7, 11) is 1.52. The number of hydrogen-bond acceptors (Lipinski definition) is 3. The van der Waals surface area contributed by atoms with E-state index in [0.29, 0.717) is 15.8 Å². The molecule has 0 heterocycles. The Hall–Kier alpha value is -1.02. The van der Waals surface area contributed by atoms with Gasteiger partial charge in [0.15, 0.2) is 0 Å². The summed E-state index contributed by atoms with van der Waals surface area (Å²) in [4.78, 5) is 14.2. The Morgan fingerprint density at radius 2 is 2.06 bits per heavy atom.